The minimum Gasteiger partial charge on any atom is -0.358 e. The second-order valence-electron chi connectivity index (χ2n) is 6.07. The van der Waals surface area contributed by atoms with Gasteiger partial charge in [-0.2, -0.15) is 0 Å². The molecule has 21 heavy (non-hydrogen) atoms. The van der Waals surface area contributed by atoms with Crippen LogP contribution in [0.2, 0.25) is 0 Å². The summed E-state index contributed by atoms with van der Waals surface area (Å²) in [7, 11) is 4.39. The average molecular weight is 351 g/mol. The van der Waals surface area contributed by atoms with Gasteiger partial charge in [-0.25, -0.2) is 4.98 Å². The van der Waals surface area contributed by atoms with Crippen LogP contribution in [0.4, 0.5) is 5.82 Å². The first-order valence-electron chi connectivity index (χ1n) is 7.60. The topological polar surface area (TPSA) is 23.8 Å². The van der Waals surface area contributed by atoms with E-state index in [1.807, 2.05) is 6.07 Å². The average Bonchev–Trinajstić information content (AvgIpc) is 2.88. The number of hydrogen-bond donors (Lipinski definition) is 0. The maximum Gasteiger partial charge on any atom is 0.151 e. The van der Waals surface area contributed by atoms with Crippen molar-refractivity contribution in [2.24, 2.45) is 5.92 Å². The normalized spacial score (nSPS) is 17.5. The lowest BCUT2D eigenvalue weighted by molar-refractivity contribution is 0.222. The lowest BCUT2D eigenvalue weighted by Crippen LogP contribution is -2.36. The second kappa shape index (κ2) is 6.36. The van der Waals surface area contributed by atoms with Crippen LogP contribution in [-0.2, 0) is 5.33 Å². The predicted molar refractivity (Wildman–Crippen MR) is 91.3 cm³/mol. The lowest BCUT2D eigenvalue weighted by atomic mass is 9.97. The van der Waals surface area contributed by atoms with E-state index in [2.05, 4.69) is 62.6 Å². The molecule has 1 aliphatic heterocycles. The van der Waals surface area contributed by atoms with E-state index in [0.717, 1.165) is 29.3 Å². The first-order chi connectivity index (χ1) is 10.2. The Balaban J connectivity index is 1.79. The summed E-state index contributed by atoms with van der Waals surface area (Å²) < 4.78 is 2.18. The van der Waals surface area contributed by atoms with Crippen molar-refractivity contribution in [3.63, 3.8) is 0 Å². The Bertz CT molecular complexity index is 601. The Kier molecular flexibility index (Phi) is 4.50. The highest BCUT2D eigenvalue weighted by atomic mass is 79.9. The quantitative estimate of drug-likeness (QED) is 0.792. The van der Waals surface area contributed by atoms with Crippen LogP contribution >= 0.6 is 15.9 Å². The molecule has 0 aromatic carbocycles. The van der Waals surface area contributed by atoms with Crippen LogP contribution in [0.15, 0.2) is 24.4 Å². The molecule has 0 N–H and O–H groups in total. The summed E-state index contributed by atoms with van der Waals surface area (Å²) in [5, 5.41) is 0.825. The Morgan fingerprint density at radius 2 is 2.10 bits per heavy atom. The van der Waals surface area contributed by atoms with Crippen molar-refractivity contribution in [2.75, 3.05) is 38.6 Å². The second-order valence-corrected chi connectivity index (χ2v) is 6.63. The van der Waals surface area contributed by atoms with E-state index in [0.29, 0.717) is 0 Å². The van der Waals surface area contributed by atoms with Gasteiger partial charge in [0.25, 0.3) is 0 Å². The fourth-order valence-electron chi connectivity index (χ4n) is 3.18. The Labute approximate surface area is 134 Å². The summed E-state index contributed by atoms with van der Waals surface area (Å²) in [6.07, 6.45) is 4.67. The van der Waals surface area contributed by atoms with E-state index in [4.69, 9.17) is 4.98 Å². The van der Waals surface area contributed by atoms with Crippen molar-refractivity contribution in [3.8, 4) is 0 Å². The number of pyridine rings is 1. The van der Waals surface area contributed by atoms with Gasteiger partial charge < -0.3 is 14.2 Å². The number of aromatic nitrogens is 2. The SMILES string of the molecule is CN1CCC(CN(C)c2nc3ccccn3c2CBr)CC1. The van der Waals surface area contributed by atoms with E-state index < -0.39 is 0 Å². The van der Waals surface area contributed by atoms with Gasteiger partial charge in [0, 0.05) is 25.1 Å². The first-order valence-corrected chi connectivity index (χ1v) is 8.73. The molecule has 0 amide bonds. The molecule has 0 saturated carbocycles. The Morgan fingerprint density at radius 3 is 2.81 bits per heavy atom. The van der Waals surface area contributed by atoms with Gasteiger partial charge >= 0.3 is 0 Å². The molecule has 0 unspecified atom stereocenters. The van der Waals surface area contributed by atoms with Gasteiger partial charge in [0.2, 0.25) is 0 Å². The number of nitrogens with zero attached hydrogens (tertiary/aromatic N) is 4. The predicted octanol–water partition coefficient (Wildman–Crippen LogP) is 3.01. The largest absolute Gasteiger partial charge is 0.358 e. The maximum absolute atomic E-state index is 4.81. The molecule has 4 nitrogen and oxygen atoms in total. The highest BCUT2D eigenvalue weighted by molar-refractivity contribution is 9.08. The number of imidazole rings is 1. The zero-order chi connectivity index (χ0) is 14.8. The van der Waals surface area contributed by atoms with Crippen molar-refractivity contribution in [2.45, 2.75) is 18.2 Å². The molecule has 0 aliphatic carbocycles. The van der Waals surface area contributed by atoms with Crippen molar-refractivity contribution >= 4 is 27.4 Å². The molecular formula is C16H23BrN4. The molecule has 0 atom stereocenters. The summed E-state index contributed by atoms with van der Waals surface area (Å²) in [6.45, 7) is 3.53. The number of alkyl halides is 1. The number of halogens is 1. The monoisotopic (exact) mass is 350 g/mol. The van der Waals surface area contributed by atoms with Crippen LogP contribution < -0.4 is 4.90 Å². The standard InChI is InChI=1S/C16H23BrN4/c1-19-9-6-13(7-10-19)12-20(2)16-14(11-17)21-8-4-3-5-15(21)18-16/h3-5,8,13H,6-7,9-12H2,1-2H3. The number of hydrogen-bond acceptors (Lipinski definition) is 3. The minimum absolute atomic E-state index is 0.777. The van der Waals surface area contributed by atoms with Crippen LogP contribution in [0.3, 0.4) is 0 Å². The molecular weight excluding hydrogens is 328 g/mol. The zero-order valence-electron chi connectivity index (χ0n) is 12.8. The molecule has 2 aromatic heterocycles. The van der Waals surface area contributed by atoms with Crippen molar-refractivity contribution in [1.82, 2.24) is 14.3 Å². The summed E-state index contributed by atoms with van der Waals surface area (Å²) in [6, 6.07) is 6.17. The van der Waals surface area contributed by atoms with Gasteiger partial charge in [-0.3, -0.25) is 0 Å². The minimum atomic E-state index is 0.777. The van der Waals surface area contributed by atoms with Gasteiger partial charge in [0.1, 0.15) is 5.65 Å². The number of piperidine rings is 1. The molecule has 3 rings (SSSR count). The third-order valence-corrected chi connectivity index (χ3v) is 5.00. The lowest BCUT2D eigenvalue weighted by Gasteiger charge is -2.32. The molecule has 3 heterocycles. The fourth-order valence-corrected chi connectivity index (χ4v) is 3.70. The highest BCUT2D eigenvalue weighted by Gasteiger charge is 2.21. The first kappa shape index (κ1) is 14.9. The molecule has 1 saturated heterocycles. The molecule has 0 bridgehead atoms. The smallest absolute Gasteiger partial charge is 0.151 e. The van der Waals surface area contributed by atoms with Crippen LogP contribution in [0.25, 0.3) is 5.65 Å². The number of fused-ring (bicyclic) bond motifs is 1. The maximum atomic E-state index is 4.81. The van der Waals surface area contributed by atoms with Gasteiger partial charge in [0.05, 0.1) is 5.69 Å². The van der Waals surface area contributed by atoms with Crippen LogP contribution in [0.5, 0.6) is 0 Å². The zero-order valence-corrected chi connectivity index (χ0v) is 14.4. The third-order valence-electron chi connectivity index (χ3n) is 4.47. The Morgan fingerprint density at radius 1 is 1.33 bits per heavy atom. The van der Waals surface area contributed by atoms with Gasteiger partial charge in [-0.05, 0) is 51.0 Å². The van der Waals surface area contributed by atoms with Crippen LogP contribution in [-0.4, -0.2) is 48.0 Å². The number of rotatable bonds is 4. The van der Waals surface area contributed by atoms with E-state index in [1.165, 1.54) is 31.6 Å². The van der Waals surface area contributed by atoms with E-state index in [9.17, 15) is 0 Å². The van der Waals surface area contributed by atoms with Gasteiger partial charge in [-0.1, -0.05) is 22.0 Å². The van der Waals surface area contributed by atoms with Crippen LogP contribution in [0, 0.1) is 5.92 Å². The number of anilines is 1. The molecule has 1 fully saturated rings. The summed E-state index contributed by atoms with van der Waals surface area (Å²) in [4.78, 5) is 9.57. The van der Waals surface area contributed by atoms with Crippen molar-refractivity contribution in [3.05, 3.63) is 30.1 Å². The molecule has 0 spiro atoms. The van der Waals surface area contributed by atoms with Crippen LogP contribution in [0.1, 0.15) is 18.5 Å². The Hall–Kier alpha value is -1.07. The van der Waals surface area contributed by atoms with Gasteiger partial charge in [-0.15, -0.1) is 0 Å². The molecule has 2 aromatic rings. The summed E-state index contributed by atoms with van der Waals surface area (Å²) in [5.74, 6) is 1.89. The fraction of sp³-hybridized carbons (Fsp3) is 0.562. The summed E-state index contributed by atoms with van der Waals surface area (Å²) >= 11 is 3.62. The highest BCUT2D eigenvalue weighted by Crippen LogP contribution is 2.25. The van der Waals surface area contributed by atoms with E-state index in [1.54, 1.807) is 0 Å². The van der Waals surface area contributed by atoms with Crippen molar-refractivity contribution < 1.29 is 0 Å². The summed E-state index contributed by atoms with van der Waals surface area (Å²) in [5.41, 5.74) is 2.26. The molecule has 114 valence electrons. The van der Waals surface area contributed by atoms with E-state index >= 15 is 0 Å². The van der Waals surface area contributed by atoms with Gasteiger partial charge in [0.15, 0.2) is 5.82 Å². The van der Waals surface area contributed by atoms with Crippen molar-refractivity contribution in [1.29, 1.82) is 0 Å². The molecule has 0 radical (unpaired) electrons. The molecule has 1 aliphatic rings. The number of likely N-dealkylation sites (tertiary alicyclic amines) is 1. The third kappa shape index (κ3) is 3.09. The van der Waals surface area contributed by atoms with E-state index in [-0.39, 0.29) is 0 Å². The molecule has 5 heteroatoms.